The quantitative estimate of drug-likeness (QED) is 0.528. The Labute approximate surface area is 106 Å². The lowest BCUT2D eigenvalue weighted by atomic mass is 10.1. The Morgan fingerprint density at radius 2 is 1.53 bits per heavy atom. The number of ether oxygens (including phenoxy) is 2. The molecule has 0 radical (unpaired) electrons. The summed E-state index contributed by atoms with van der Waals surface area (Å²) in [6.07, 6.45) is 1.15. The molecule has 0 aromatic rings. The summed E-state index contributed by atoms with van der Waals surface area (Å²) in [5.41, 5.74) is 5.63. The summed E-state index contributed by atoms with van der Waals surface area (Å²) in [5.74, 6) is 0.594. The molecule has 0 aliphatic heterocycles. The van der Waals surface area contributed by atoms with Crippen molar-refractivity contribution in [2.24, 2.45) is 11.7 Å². The van der Waals surface area contributed by atoms with E-state index in [2.05, 4.69) is 11.8 Å². The summed E-state index contributed by atoms with van der Waals surface area (Å²) in [4.78, 5) is 2.40. The predicted molar refractivity (Wildman–Crippen MR) is 72.3 cm³/mol. The molecule has 0 saturated carbocycles. The number of hydrogen-bond donors (Lipinski definition) is 1. The first-order chi connectivity index (χ1) is 8.24. The van der Waals surface area contributed by atoms with E-state index < -0.39 is 0 Å². The monoisotopic (exact) mass is 246 g/mol. The molecule has 1 unspecified atom stereocenters. The van der Waals surface area contributed by atoms with Gasteiger partial charge in [-0.05, 0) is 39.3 Å². The molecule has 0 heterocycles. The first-order valence-corrected chi connectivity index (χ1v) is 6.82. The van der Waals surface area contributed by atoms with Crippen LogP contribution in [0.15, 0.2) is 0 Å². The largest absolute Gasteiger partial charge is 0.380 e. The smallest absolute Gasteiger partial charge is 0.0593 e. The van der Waals surface area contributed by atoms with Crippen LogP contribution < -0.4 is 5.73 Å². The normalized spacial score (nSPS) is 13.2. The van der Waals surface area contributed by atoms with Crippen LogP contribution in [0.3, 0.4) is 0 Å². The maximum Gasteiger partial charge on any atom is 0.0593 e. The molecular weight excluding hydrogens is 216 g/mol. The zero-order valence-corrected chi connectivity index (χ0v) is 11.8. The molecule has 0 rings (SSSR count). The van der Waals surface area contributed by atoms with Gasteiger partial charge in [-0.1, -0.05) is 6.92 Å². The van der Waals surface area contributed by atoms with Crippen LogP contribution in [0.4, 0.5) is 0 Å². The van der Waals surface area contributed by atoms with Gasteiger partial charge in [0.1, 0.15) is 0 Å². The van der Waals surface area contributed by atoms with Gasteiger partial charge < -0.3 is 15.2 Å². The van der Waals surface area contributed by atoms with E-state index in [1.54, 1.807) is 0 Å². The Morgan fingerprint density at radius 1 is 1.00 bits per heavy atom. The van der Waals surface area contributed by atoms with Crippen molar-refractivity contribution in [3.8, 4) is 0 Å². The van der Waals surface area contributed by atoms with Gasteiger partial charge in [0, 0.05) is 26.3 Å². The Balaban J connectivity index is 3.75. The molecular formula is C13H30N2O2. The Bertz CT molecular complexity index is 146. The molecule has 0 bridgehead atoms. The fourth-order valence-corrected chi connectivity index (χ4v) is 1.53. The van der Waals surface area contributed by atoms with Crippen molar-refractivity contribution in [2.45, 2.75) is 27.2 Å². The number of hydrogen-bond acceptors (Lipinski definition) is 4. The number of nitrogens with zero attached hydrogens (tertiary/aromatic N) is 1. The van der Waals surface area contributed by atoms with E-state index in [1.165, 1.54) is 0 Å². The summed E-state index contributed by atoms with van der Waals surface area (Å²) >= 11 is 0. The third kappa shape index (κ3) is 10.7. The van der Waals surface area contributed by atoms with Crippen LogP contribution in [0.25, 0.3) is 0 Å². The summed E-state index contributed by atoms with van der Waals surface area (Å²) in [6.45, 7) is 13.3. The van der Waals surface area contributed by atoms with E-state index in [1.807, 2.05) is 13.8 Å². The van der Waals surface area contributed by atoms with Crippen LogP contribution in [0.2, 0.25) is 0 Å². The fourth-order valence-electron chi connectivity index (χ4n) is 1.53. The van der Waals surface area contributed by atoms with Gasteiger partial charge in [-0.3, -0.25) is 4.90 Å². The third-order valence-electron chi connectivity index (χ3n) is 2.85. The molecule has 0 aliphatic carbocycles. The maximum atomic E-state index is 5.63. The SMILES string of the molecule is CCOCCN(CCOCC)CCC(C)CN. The van der Waals surface area contributed by atoms with Crippen molar-refractivity contribution >= 4 is 0 Å². The second-order valence-electron chi connectivity index (χ2n) is 4.37. The van der Waals surface area contributed by atoms with Crippen molar-refractivity contribution in [3.63, 3.8) is 0 Å². The summed E-state index contributed by atoms with van der Waals surface area (Å²) < 4.78 is 10.8. The average Bonchev–Trinajstić information content (AvgIpc) is 2.35. The summed E-state index contributed by atoms with van der Waals surface area (Å²) in [6, 6.07) is 0. The highest BCUT2D eigenvalue weighted by Gasteiger charge is 2.07. The highest BCUT2D eigenvalue weighted by Crippen LogP contribution is 2.02. The molecule has 0 spiro atoms. The standard InChI is InChI=1S/C13H30N2O2/c1-4-16-10-8-15(9-11-17-5-2)7-6-13(3)12-14/h13H,4-12,14H2,1-3H3. The zero-order chi connectivity index (χ0) is 12.9. The molecule has 0 saturated heterocycles. The Kier molecular flexibility index (Phi) is 12.2. The first kappa shape index (κ1) is 16.8. The first-order valence-electron chi connectivity index (χ1n) is 6.82. The molecule has 0 aromatic heterocycles. The summed E-state index contributed by atoms with van der Waals surface area (Å²) in [7, 11) is 0. The lowest BCUT2D eigenvalue weighted by molar-refractivity contribution is 0.0807. The van der Waals surface area contributed by atoms with Crippen LogP contribution in [0.1, 0.15) is 27.2 Å². The van der Waals surface area contributed by atoms with E-state index >= 15 is 0 Å². The minimum Gasteiger partial charge on any atom is -0.380 e. The van der Waals surface area contributed by atoms with E-state index in [0.29, 0.717) is 5.92 Å². The van der Waals surface area contributed by atoms with E-state index in [9.17, 15) is 0 Å². The fraction of sp³-hybridized carbons (Fsp3) is 1.00. The second-order valence-corrected chi connectivity index (χ2v) is 4.37. The summed E-state index contributed by atoms with van der Waals surface area (Å²) in [5, 5.41) is 0. The zero-order valence-electron chi connectivity index (χ0n) is 11.8. The predicted octanol–water partition coefficient (Wildman–Crippen LogP) is 1.35. The van der Waals surface area contributed by atoms with Crippen molar-refractivity contribution in [1.29, 1.82) is 0 Å². The second kappa shape index (κ2) is 12.3. The van der Waals surface area contributed by atoms with Crippen LogP contribution in [-0.2, 0) is 9.47 Å². The van der Waals surface area contributed by atoms with Crippen molar-refractivity contribution < 1.29 is 9.47 Å². The minimum absolute atomic E-state index is 0.594. The van der Waals surface area contributed by atoms with Gasteiger partial charge in [0.15, 0.2) is 0 Å². The van der Waals surface area contributed by atoms with Gasteiger partial charge in [-0.15, -0.1) is 0 Å². The maximum absolute atomic E-state index is 5.63. The molecule has 1 atom stereocenters. The third-order valence-corrected chi connectivity index (χ3v) is 2.85. The van der Waals surface area contributed by atoms with Gasteiger partial charge in [-0.25, -0.2) is 0 Å². The number of rotatable bonds is 12. The van der Waals surface area contributed by atoms with E-state index in [4.69, 9.17) is 15.2 Å². The minimum atomic E-state index is 0.594. The molecule has 0 fully saturated rings. The van der Waals surface area contributed by atoms with Gasteiger partial charge in [0.25, 0.3) is 0 Å². The molecule has 2 N–H and O–H groups in total. The van der Waals surface area contributed by atoms with Crippen molar-refractivity contribution in [3.05, 3.63) is 0 Å². The van der Waals surface area contributed by atoms with E-state index in [0.717, 1.165) is 59.0 Å². The Hall–Kier alpha value is -0.160. The molecule has 0 aliphatic rings. The molecule has 104 valence electrons. The highest BCUT2D eigenvalue weighted by atomic mass is 16.5. The van der Waals surface area contributed by atoms with Crippen LogP contribution in [0, 0.1) is 5.92 Å². The molecule has 0 aromatic carbocycles. The van der Waals surface area contributed by atoms with Gasteiger partial charge in [0.2, 0.25) is 0 Å². The lowest BCUT2D eigenvalue weighted by Crippen LogP contribution is -2.33. The molecule has 4 heteroatoms. The highest BCUT2D eigenvalue weighted by molar-refractivity contribution is 4.61. The van der Waals surface area contributed by atoms with Crippen molar-refractivity contribution in [2.75, 3.05) is 52.6 Å². The van der Waals surface area contributed by atoms with Crippen LogP contribution in [0.5, 0.6) is 0 Å². The lowest BCUT2D eigenvalue weighted by Gasteiger charge is -2.23. The topological polar surface area (TPSA) is 47.7 Å². The van der Waals surface area contributed by atoms with E-state index in [-0.39, 0.29) is 0 Å². The Morgan fingerprint density at radius 3 is 1.94 bits per heavy atom. The van der Waals surface area contributed by atoms with Crippen LogP contribution in [-0.4, -0.2) is 57.5 Å². The number of nitrogens with two attached hydrogens (primary N) is 1. The van der Waals surface area contributed by atoms with Crippen molar-refractivity contribution in [1.82, 2.24) is 4.90 Å². The average molecular weight is 246 g/mol. The van der Waals surface area contributed by atoms with Gasteiger partial charge in [-0.2, -0.15) is 0 Å². The molecule has 17 heavy (non-hydrogen) atoms. The molecule has 4 nitrogen and oxygen atoms in total. The van der Waals surface area contributed by atoms with Gasteiger partial charge >= 0.3 is 0 Å². The van der Waals surface area contributed by atoms with Crippen LogP contribution >= 0.6 is 0 Å². The molecule has 0 amide bonds. The van der Waals surface area contributed by atoms with Gasteiger partial charge in [0.05, 0.1) is 13.2 Å².